The molecule has 19 heavy (non-hydrogen) atoms. The molecular weight excluding hydrogens is 259 g/mol. The van der Waals surface area contributed by atoms with E-state index in [1.807, 2.05) is 25.1 Å². The summed E-state index contributed by atoms with van der Waals surface area (Å²) < 4.78 is 17.4. The molecule has 0 aromatic heterocycles. The molecule has 0 saturated heterocycles. The van der Waals surface area contributed by atoms with Gasteiger partial charge in [-0.25, -0.2) is 0 Å². The van der Waals surface area contributed by atoms with E-state index < -0.39 is 8.60 Å². The Bertz CT molecular complexity index is 339. The topological polar surface area (TPSA) is 27.7 Å². The van der Waals surface area contributed by atoms with Gasteiger partial charge in [0.1, 0.15) is 0 Å². The molecule has 0 radical (unpaired) electrons. The van der Waals surface area contributed by atoms with Gasteiger partial charge in [0.2, 0.25) is 0 Å². The summed E-state index contributed by atoms with van der Waals surface area (Å²) in [6.45, 7) is 3.16. The fourth-order valence-electron chi connectivity index (χ4n) is 2.20. The molecule has 1 unspecified atom stereocenters. The highest BCUT2D eigenvalue weighted by Gasteiger charge is 2.21. The molecule has 2 rings (SSSR count). The van der Waals surface area contributed by atoms with Gasteiger partial charge >= 0.3 is 8.60 Å². The zero-order chi connectivity index (χ0) is 13.3. The molecular formula is C15H23O3P. The third-order valence-corrected chi connectivity index (χ3v) is 4.48. The maximum atomic E-state index is 5.97. The van der Waals surface area contributed by atoms with E-state index >= 15 is 0 Å². The summed E-state index contributed by atoms with van der Waals surface area (Å²) in [5, 5.41) is 0. The Hall–Kier alpha value is -0.470. The lowest BCUT2D eigenvalue weighted by Gasteiger charge is -2.25. The largest absolute Gasteiger partial charge is 0.333 e. The van der Waals surface area contributed by atoms with Gasteiger partial charge in [0.25, 0.3) is 0 Å². The summed E-state index contributed by atoms with van der Waals surface area (Å²) in [4.78, 5) is 0. The molecule has 0 spiro atoms. The number of hydrogen-bond acceptors (Lipinski definition) is 3. The van der Waals surface area contributed by atoms with Crippen LogP contribution in [0.3, 0.4) is 0 Å². The first-order valence-electron chi connectivity index (χ1n) is 7.15. The summed E-state index contributed by atoms with van der Waals surface area (Å²) in [5.74, 6) is 0. The Morgan fingerprint density at radius 2 is 1.79 bits per heavy atom. The fourth-order valence-corrected chi connectivity index (χ4v) is 3.31. The third-order valence-electron chi connectivity index (χ3n) is 3.20. The molecule has 1 aromatic rings. The molecule has 1 fully saturated rings. The van der Waals surface area contributed by atoms with Gasteiger partial charge in [-0.3, -0.25) is 0 Å². The van der Waals surface area contributed by atoms with E-state index in [1.54, 1.807) is 0 Å². The van der Waals surface area contributed by atoms with E-state index in [4.69, 9.17) is 13.6 Å². The summed E-state index contributed by atoms with van der Waals surface area (Å²) in [5.41, 5.74) is 1.15. The Balaban J connectivity index is 1.78. The summed E-state index contributed by atoms with van der Waals surface area (Å²) in [6.07, 6.45) is 6.46. The minimum absolute atomic E-state index is 0.321. The zero-order valence-corrected chi connectivity index (χ0v) is 12.5. The van der Waals surface area contributed by atoms with Gasteiger partial charge in [-0.05, 0) is 25.3 Å². The molecule has 1 saturated carbocycles. The van der Waals surface area contributed by atoms with Crippen molar-refractivity contribution in [3.8, 4) is 0 Å². The predicted octanol–water partition coefficient (Wildman–Crippen LogP) is 4.82. The number of benzene rings is 1. The van der Waals surface area contributed by atoms with Crippen LogP contribution in [-0.2, 0) is 20.2 Å². The van der Waals surface area contributed by atoms with Gasteiger partial charge in [0, 0.05) is 0 Å². The monoisotopic (exact) mass is 282 g/mol. The van der Waals surface area contributed by atoms with E-state index in [0.29, 0.717) is 19.3 Å². The third kappa shape index (κ3) is 5.58. The molecule has 1 aliphatic carbocycles. The van der Waals surface area contributed by atoms with Crippen LogP contribution in [0.15, 0.2) is 30.3 Å². The van der Waals surface area contributed by atoms with Gasteiger partial charge in [0.15, 0.2) is 0 Å². The second kappa shape index (κ2) is 8.65. The Labute approximate surface area is 117 Å². The van der Waals surface area contributed by atoms with Crippen LogP contribution in [0.25, 0.3) is 0 Å². The van der Waals surface area contributed by atoms with Crippen molar-refractivity contribution in [2.24, 2.45) is 0 Å². The van der Waals surface area contributed by atoms with Gasteiger partial charge in [-0.15, -0.1) is 0 Å². The molecule has 0 amide bonds. The van der Waals surface area contributed by atoms with Crippen molar-refractivity contribution in [1.29, 1.82) is 0 Å². The van der Waals surface area contributed by atoms with Crippen molar-refractivity contribution in [1.82, 2.24) is 0 Å². The summed E-state index contributed by atoms with van der Waals surface area (Å²) in [6, 6.07) is 10.2. The highest BCUT2D eigenvalue weighted by molar-refractivity contribution is 7.41. The maximum absolute atomic E-state index is 5.97. The lowest BCUT2D eigenvalue weighted by atomic mass is 9.98. The molecule has 3 nitrogen and oxygen atoms in total. The van der Waals surface area contributed by atoms with Gasteiger partial charge in [0.05, 0.1) is 19.3 Å². The molecule has 1 aromatic carbocycles. The molecule has 106 valence electrons. The predicted molar refractivity (Wildman–Crippen MR) is 77.7 cm³/mol. The van der Waals surface area contributed by atoms with Crippen LogP contribution < -0.4 is 0 Å². The SMILES string of the molecule is CCOP(OCc1ccccc1)OC1CCCCC1. The van der Waals surface area contributed by atoms with Crippen molar-refractivity contribution in [3.63, 3.8) is 0 Å². The van der Waals surface area contributed by atoms with Crippen molar-refractivity contribution >= 4 is 8.60 Å². The lowest BCUT2D eigenvalue weighted by Crippen LogP contribution is -2.15. The average molecular weight is 282 g/mol. The molecule has 0 bridgehead atoms. The van der Waals surface area contributed by atoms with Crippen LogP contribution >= 0.6 is 8.60 Å². The van der Waals surface area contributed by atoms with E-state index in [9.17, 15) is 0 Å². The molecule has 1 aliphatic rings. The van der Waals surface area contributed by atoms with Crippen molar-refractivity contribution in [2.45, 2.75) is 51.7 Å². The van der Waals surface area contributed by atoms with Gasteiger partial charge in [-0.1, -0.05) is 49.6 Å². The fraction of sp³-hybridized carbons (Fsp3) is 0.600. The summed E-state index contributed by atoms with van der Waals surface area (Å²) >= 11 is 0. The van der Waals surface area contributed by atoms with Gasteiger partial charge < -0.3 is 13.6 Å². The second-order valence-corrected chi connectivity index (χ2v) is 5.94. The molecule has 0 aliphatic heterocycles. The normalized spacial score (nSPS) is 18.4. The van der Waals surface area contributed by atoms with E-state index in [2.05, 4.69) is 12.1 Å². The molecule has 4 heteroatoms. The van der Waals surface area contributed by atoms with Crippen LogP contribution in [0.5, 0.6) is 0 Å². The minimum Gasteiger partial charge on any atom is -0.313 e. The van der Waals surface area contributed by atoms with Crippen molar-refractivity contribution < 1.29 is 13.6 Å². The maximum Gasteiger partial charge on any atom is 0.333 e. The van der Waals surface area contributed by atoms with Gasteiger partial charge in [-0.2, -0.15) is 0 Å². The van der Waals surface area contributed by atoms with Crippen LogP contribution in [-0.4, -0.2) is 12.7 Å². The molecule has 0 N–H and O–H groups in total. The highest BCUT2D eigenvalue weighted by Crippen LogP contribution is 2.44. The summed E-state index contributed by atoms with van der Waals surface area (Å²) in [7, 11) is -1.21. The quantitative estimate of drug-likeness (QED) is 0.671. The Kier molecular flexibility index (Phi) is 6.80. The number of hydrogen-bond donors (Lipinski definition) is 0. The zero-order valence-electron chi connectivity index (χ0n) is 11.6. The van der Waals surface area contributed by atoms with Crippen LogP contribution in [0.1, 0.15) is 44.6 Å². The Morgan fingerprint density at radius 1 is 1.05 bits per heavy atom. The first-order valence-corrected chi connectivity index (χ1v) is 8.24. The minimum atomic E-state index is -1.21. The second-order valence-electron chi connectivity index (χ2n) is 4.77. The molecule has 0 heterocycles. The van der Waals surface area contributed by atoms with Crippen LogP contribution in [0.4, 0.5) is 0 Å². The van der Waals surface area contributed by atoms with Crippen molar-refractivity contribution in [3.05, 3.63) is 35.9 Å². The first kappa shape index (κ1) is 14.9. The van der Waals surface area contributed by atoms with Crippen LogP contribution in [0.2, 0.25) is 0 Å². The van der Waals surface area contributed by atoms with Crippen molar-refractivity contribution in [2.75, 3.05) is 6.61 Å². The van der Waals surface area contributed by atoms with E-state index in [-0.39, 0.29) is 0 Å². The van der Waals surface area contributed by atoms with E-state index in [1.165, 1.54) is 19.3 Å². The number of rotatable bonds is 7. The first-order chi connectivity index (χ1) is 9.38. The standard InChI is InChI=1S/C15H23O3P/c1-2-16-19(18-15-11-7-4-8-12-15)17-13-14-9-5-3-6-10-14/h3,5-6,9-10,15H,2,4,7-8,11-13H2,1H3. The highest BCUT2D eigenvalue weighted by atomic mass is 31.2. The molecule has 1 atom stereocenters. The lowest BCUT2D eigenvalue weighted by molar-refractivity contribution is 0.0944. The average Bonchev–Trinajstić information content (AvgIpc) is 2.47. The Morgan fingerprint density at radius 3 is 2.47 bits per heavy atom. The van der Waals surface area contributed by atoms with E-state index in [0.717, 1.165) is 18.4 Å². The smallest absolute Gasteiger partial charge is 0.313 e. The van der Waals surface area contributed by atoms with Crippen LogP contribution in [0, 0.1) is 0 Å².